The number of ether oxygens (including phenoxy) is 3. The molecule has 0 radical (unpaired) electrons. The highest BCUT2D eigenvalue weighted by atomic mass is 35.5. The first kappa shape index (κ1) is 53.1. The number of benzene rings is 3. The van der Waals surface area contributed by atoms with Crippen LogP contribution >= 0.6 is 11.6 Å². The molecule has 20 nitrogen and oxygen atoms in total. The number of piperidine rings is 2. The van der Waals surface area contributed by atoms with Gasteiger partial charge in [0.05, 0.1) is 58.2 Å². The van der Waals surface area contributed by atoms with Gasteiger partial charge in [0.25, 0.3) is 17.7 Å². The first-order valence-corrected chi connectivity index (χ1v) is 25.8. The summed E-state index contributed by atoms with van der Waals surface area (Å²) in [7, 11) is -3.60. The van der Waals surface area contributed by atoms with Gasteiger partial charge in [-0.05, 0) is 120 Å². The first-order chi connectivity index (χ1) is 34.4. The minimum atomic E-state index is -3.60. The van der Waals surface area contributed by atoms with Gasteiger partial charge in [-0.2, -0.15) is 4.98 Å². The molecule has 5 N–H and O–H groups in total. The molecule has 2 saturated heterocycles. The molecule has 0 saturated carbocycles. The number of hydrogen-bond donors (Lipinski definition) is 5. The highest BCUT2D eigenvalue weighted by molar-refractivity contribution is 7.92. The number of likely N-dealkylation sites (tertiary alicyclic amines) is 1. The molecule has 0 aliphatic carbocycles. The lowest BCUT2D eigenvalue weighted by Gasteiger charge is -2.33. The van der Waals surface area contributed by atoms with Gasteiger partial charge < -0.3 is 40.4 Å². The van der Waals surface area contributed by atoms with E-state index in [1.165, 1.54) is 30.0 Å². The molecule has 7 rings (SSSR count). The smallest absolute Gasteiger partial charge is 0.266 e. The molecular formula is C50H60ClN9O11S. The second kappa shape index (κ2) is 23.7. The number of imide groups is 2. The number of halogens is 1. The molecule has 3 aliphatic rings. The Labute approximate surface area is 423 Å². The van der Waals surface area contributed by atoms with Crippen molar-refractivity contribution in [3.63, 3.8) is 0 Å². The number of carbonyl (C=O) groups is 6. The quantitative estimate of drug-likeness (QED) is 0.0501. The number of sulfone groups is 1. The van der Waals surface area contributed by atoms with Crippen molar-refractivity contribution in [2.24, 2.45) is 0 Å². The molecule has 0 spiro atoms. The average molecular weight is 1030 g/mol. The van der Waals surface area contributed by atoms with Crippen molar-refractivity contribution in [3.8, 4) is 11.5 Å². The molecule has 1 unspecified atom stereocenters. The van der Waals surface area contributed by atoms with Crippen molar-refractivity contribution in [1.29, 1.82) is 0 Å². The van der Waals surface area contributed by atoms with Crippen LogP contribution in [0.2, 0.25) is 5.02 Å². The van der Waals surface area contributed by atoms with E-state index in [2.05, 4.69) is 54.4 Å². The zero-order valence-electron chi connectivity index (χ0n) is 40.8. The summed E-state index contributed by atoms with van der Waals surface area (Å²) in [6, 6.07) is 14.0. The summed E-state index contributed by atoms with van der Waals surface area (Å²) in [6.45, 7) is 11.9. The van der Waals surface area contributed by atoms with E-state index in [1.54, 1.807) is 38.1 Å². The predicted molar refractivity (Wildman–Crippen MR) is 268 cm³/mol. The Kier molecular flexibility index (Phi) is 17.5. The number of nitrogens with zero attached hydrogens (tertiary/aromatic N) is 4. The van der Waals surface area contributed by atoms with Gasteiger partial charge in [0.2, 0.25) is 23.7 Å². The molecule has 0 bridgehead atoms. The lowest BCUT2D eigenvalue weighted by molar-refractivity contribution is -0.136. The molecule has 72 heavy (non-hydrogen) atoms. The molecule has 3 aliphatic heterocycles. The van der Waals surface area contributed by atoms with E-state index >= 15 is 0 Å². The largest absolute Gasteiger partial charge is 0.489 e. The maximum absolute atomic E-state index is 13.3. The van der Waals surface area contributed by atoms with E-state index in [0.717, 1.165) is 36.4 Å². The Morgan fingerprint density at radius 2 is 1.60 bits per heavy atom. The topological polar surface area (TPSA) is 257 Å². The van der Waals surface area contributed by atoms with Crippen molar-refractivity contribution < 1.29 is 51.4 Å². The van der Waals surface area contributed by atoms with Gasteiger partial charge in [-0.1, -0.05) is 29.8 Å². The fraction of sp³-hybridized carbons (Fsp3) is 0.440. The van der Waals surface area contributed by atoms with Gasteiger partial charge >= 0.3 is 0 Å². The number of fused-ring (bicyclic) bond motifs is 1. The Morgan fingerprint density at radius 1 is 0.875 bits per heavy atom. The van der Waals surface area contributed by atoms with Gasteiger partial charge in [-0.15, -0.1) is 0 Å². The Bertz CT molecular complexity index is 2820. The van der Waals surface area contributed by atoms with Gasteiger partial charge in [0.15, 0.2) is 22.3 Å². The van der Waals surface area contributed by atoms with Crippen LogP contribution < -0.4 is 36.1 Å². The number of hydrogen-bond acceptors (Lipinski definition) is 16. The molecule has 1 atom stereocenters. The van der Waals surface area contributed by atoms with Crippen LogP contribution in [0.1, 0.15) is 97.6 Å². The molecule has 3 aromatic carbocycles. The zero-order chi connectivity index (χ0) is 51.7. The van der Waals surface area contributed by atoms with Gasteiger partial charge in [0.1, 0.15) is 22.6 Å². The first-order valence-electron chi connectivity index (χ1n) is 23.9. The molecule has 2 fully saturated rings. The van der Waals surface area contributed by atoms with Crippen LogP contribution in [-0.4, -0.2) is 134 Å². The third-order valence-electron chi connectivity index (χ3n) is 12.4. The third-order valence-corrected chi connectivity index (χ3v) is 14.9. The Balaban J connectivity index is 0.808. The second-order valence-corrected chi connectivity index (χ2v) is 21.1. The summed E-state index contributed by atoms with van der Waals surface area (Å²) in [6.07, 6.45) is 3.47. The van der Waals surface area contributed by atoms with Crippen LogP contribution in [0.4, 0.5) is 23.1 Å². The van der Waals surface area contributed by atoms with E-state index < -0.39 is 57.3 Å². The maximum atomic E-state index is 13.3. The predicted octanol–water partition coefficient (Wildman–Crippen LogP) is 5.19. The van der Waals surface area contributed by atoms with Crippen molar-refractivity contribution in [2.75, 3.05) is 63.2 Å². The Morgan fingerprint density at radius 3 is 2.31 bits per heavy atom. The maximum Gasteiger partial charge on any atom is 0.266 e. The van der Waals surface area contributed by atoms with Gasteiger partial charge in [-0.25, -0.2) is 13.4 Å². The van der Waals surface area contributed by atoms with Crippen LogP contribution in [0, 0.1) is 6.92 Å². The summed E-state index contributed by atoms with van der Waals surface area (Å²) in [5, 5.41) is 13.7. The lowest BCUT2D eigenvalue weighted by Crippen LogP contribution is -2.54. The summed E-state index contributed by atoms with van der Waals surface area (Å²) in [5.41, 5.74) is 3.26. The fourth-order valence-electron chi connectivity index (χ4n) is 8.67. The van der Waals surface area contributed by atoms with Gasteiger partial charge in [-0.3, -0.25) is 39.0 Å². The molecule has 22 heteroatoms. The molecule has 384 valence electrons. The molecule has 6 amide bonds. The normalized spacial score (nSPS) is 16.4. The van der Waals surface area contributed by atoms with E-state index in [0.29, 0.717) is 36.6 Å². The molecular weight excluding hydrogens is 970 g/mol. The fourth-order valence-corrected chi connectivity index (χ4v) is 10.0. The number of aryl methyl sites for hydroxylation is 1. The lowest BCUT2D eigenvalue weighted by atomic mass is 9.86. The SMILES string of the molecule is Cc1cc(Nc2ncc(Cl)c(Nc3ccccc3S(=O)(=O)C(C)C)n2)c(OC(C)C)cc1C1CCN(CCC(=O)NCCOCCNC(=O)COc2cccc3c2C(=O)N(C2CCC(=O)NC2=O)C3=O)CC1. The summed E-state index contributed by atoms with van der Waals surface area (Å²) in [5.74, 6) is -1.78. The molecule has 4 heterocycles. The van der Waals surface area contributed by atoms with E-state index in [4.69, 9.17) is 25.8 Å². The van der Waals surface area contributed by atoms with Crippen LogP contribution in [0.25, 0.3) is 0 Å². The highest BCUT2D eigenvalue weighted by Gasteiger charge is 2.46. The van der Waals surface area contributed by atoms with E-state index in [9.17, 15) is 37.2 Å². The van der Waals surface area contributed by atoms with Crippen LogP contribution in [0.5, 0.6) is 11.5 Å². The van der Waals surface area contributed by atoms with Crippen molar-refractivity contribution in [1.82, 2.24) is 35.7 Å². The molecule has 4 aromatic rings. The molecule has 1 aromatic heterocycles. The Hall–Kier alpha value is -6.68. The summed E-state index contributed by atoms with van der Waals surface area (Å²) < 4.78 is 43.7. The number of carbonyl (C=O) groups excluding carboxylic acids is 6. The number of nitrogens with one attached hydrogen (secondary N) is 5. The van der Waals surface area contributed by atoms with Crippen LogP contribution in [-0.2, 0) is 33.8 Å². The number of rotatable bonds is 22. The monoisotopic (exact) mass is 1030 g/mol. The number of aromatic nitrogens is 2. The average Bonchev–Trinajstić information content (AvgIpc) is 3.60. The van der Waals surface area contributed by atoms with Crippen LogP contribution in [0.15, 0.2) is 65.7 Å². The van der Waals surface area contributed by atoms with Crippen LogP contribution in [0.3, 0.4) is 0 Å². The summed E-state index contributed by atoms with van der Waals surface area (Å²) >= 11 is 6.50. The van der Waals surface area contributed by atoms with Gasteiger partial charge in [0, 0.05) is 32.5 Å². The number of para-hydroxylation sites is 1. The van der Waals surface area contributed by atoms with Crippen molar-refractivity contribution in [2.45, 2.75) is 94.9 Å². The highest BCUT2D eigenvalue weighted by Crippen LogP contribution is 2.39. The second-order valence-electron chi connectivity index (χ2n) is 18.2. The number of anilines is 4. The van der Waals surface area contributed by atoms with Crippen molar-refractivity contribution >= 4 is 80.0 Å². The summed E-state index contributed by atoms with van der Waals surface area (Å²) in [4.78, 5) is 87.8. The third kappa shape index (κ3) is 12.9. The minimum absolute atomic E-state index is 0.00630. The standard InChI is InChI=1S/C50H60ClN9O11S/c1-29(2)71-40-26-34(31(5)25-37(40)56-50-54-27-35(51)46(58-50)55-36-10-6-7-12-41(36)72(67,68)30(3)4)32-15-20-59(21-16-32)22-17-42(61)52-18-23-69-24-19-53-44(63)28-70-39-11-8-9-33-45(39)49(66)60(48(33)65)38-13-14-43(62)57-47(38)64/h6-12,25-27,29-30,32,38H,13-24,28H2,1-5H3,(H,52,61)(H,53,63)(H,57,62,64)(H2,54,55,56,58). The van der Waals surface area contributed by atoms with E-state index in [1.807, 2.05) is 19.9 Å². The van der Waals surface area contributed by atoms with Crippen molar-refractivity contribution in [3.05, 3.63) is 88.1 Å². The number of amides is 6. The van der Waals surface area contributed by atoms with E-state index in [-0.39, 0.29) is 89.1 Å². The minimum Gasteiger partial charge on any atom is -0.489 e. The zero-order valence-corrected chi connectivity index (χ0v) is 42.4.